The summed E-state index contributed by atoms with van der Waals surface area (Å²) >= 11 is 0. The zero-order valence-corrected chi connectivity index (χ0v) is 17.6. The average molecular weight is 416 g/mol. The predicted molar refractivity (Wildman–Crippen MR) is 118 cm³/mol. The Balaban J connectivity index is 1.60. The van der Waals surface area contributed by atoms with Crippen LogP contribution in [0, 0.1) is 24.2 Å². The number of rotatable bonds is 4. The third-order valence-electron chi connectivity index (χ3n) is 5.73. The maximum absolute atomic E-state index is 12.8. The second kappa shape index (κ2) is 8.65. The molecule has 1 aromatic heterocycles. The normalized spacial score (nSPS) is 17.2. The summed E-state index contributed by atoms with van der Waals surface area (Å²) in [6.07, 6.45) is 0.934. The minimum absolute atomic E-state index is 0.125. The molecule has 0 bridgehead atoms. The first-order chi connectivity index (χ1) is 15.0. The van der Waals surface area contributed by atoms with Gasteiger partial charge in [-0.15, -0.1) is 0 Å². The zero-order chi connectivity index (χ0) is 22.0. The SMILES string of the molecule is Cc1ccccc1-c1cc(=O)oc2cc(O[C@H](C)C(=O)N3CCC[C@H](C#N)C3)ccc12. The molecule has 3 aromatic rings. The number of ether oxygens (including phenoxy) is 1. The van der Waals surface area contributed by atoms with Gasteiger partial charge in [-0.1, -0.05) is 24.3 Å². The standard InChI is InChI=1S/C25H24N2O4/c1-16-6-3-4-8-20(16)22-13-24(28)31-23-12-19(9-10-21(22)23)30-17(2)25(29)27-11-5-7-18(14-26)15-27/h3-4,6,8-10,12-13,17-18H,5,7,11,15H2,1-2H3/t17-,18-/m1/s1. The van der Waals surface area contributed by atoms with Gasteiger partial charge in [0.1, 0.15) is 11.3 Å². The number of carbonyl (C=O) groups excluding carboxylic acids is 1. The lowest BCUT2D eigenvalue weighted by Crippen LogP contribution is -2.45. The topological polar surface area (TPSA) is 83.5 Å². The van der Waals surface area contributed by atoms with Gasteiger partial charge in [-0.05, 0) is 49.9 Å². The summed E-state index contributed by atoms with van der Waals surface area (Å²) in [5, 5.41) is 9.95. The summed E-state index contributed by atoms with van der Waals surface area (Å²) in [5.41, 5.74) is 2.80. The van der Waals surface area contributed by atoms with E-state index < -0.39 is 11.7 Å². The zero-order valence-electron chi connectivity index (χ0n) is 17.6. The Bertz CT molecular complexity index is 1220. The molecule has 0 aliphatic carbocycles. The van der Waals surface area contributed by atoms with E-state index in [9.17, 15) is 9.59 Å². The van der Waals surface area contributed by atoms with Gasteiger partial charge in [0.15, 0.2) is 6.10 Å². The summed E-state index contributed by atoms with van der Waals surface area (Å²) in [5.74, 6) is 0.183. The van der Waals surface area contributed by atoms with Crippen LogP contribution in [-0.4, -0.2) is 30.0 Å². The summed E-state index contributed by atoms with van der Waals surface area (Å²) in [6, 6.07) is 16.9. The maximum atomic E-state index is 12.8. The molecular formula is C25H24N2O4. The summed E-state index contributed by atoms with van der Waals surface area (Å²) in [7, 11) is 0. The van der Waals surface area contributed by atoms with Crippen LogP contribution in [-0.2, 0) is 4.79 Å². The fraction of sp³-hybridized carbons (Fsp3) is 0.320. The largest absolute Gasteiger partial charge is 0.481 e. The van der Waals surface area contributed by atoms with Crippen molar-refractivity contribution in [3.63, 3.8) is 0 Å². The third-order valence-corrected chi connectivity index (χ3v) is 5.73. The van der Waals surface area contributed by atoms with Crippen LogP contribution >= 0.6 is 0 Å². The van der Waals surface area contributed by atoms with Crippen LogP contribution < -0.4 is 10.4 Å². The molecule has 1 aliphatic rings. The molecular weight excluding hydrogens is 392 g/mol. The molecule has 2 aromatic carbocycles. The van der Waals surface area contributed by atoms with Crippen molar-refractivity contribution in [3.05, 3.63) is 64.5 Å². The van der Waals surface area contributed by atoms with Crippen molar-refractivity contribution in [1.82, 2.24) is 4.90 Å². The van der Waals surface area contributed by atoms with Crippen LogP contribution in [0.4, 0.5) is 0 Å². The molecule has 1 aliphatic heterocycles. The minimum atomic E-state index is -0.707. The number of hydrogen-bond donors (Lipinski definition) is 0. The van der Waals surface area contributed by atoms with Crippen LogP contribution in [0.2, 0.25) is 0 Å². The highest BCUT2D eigenvalue weighted by Gasteiger charge is 2.27. The van der Waals surface area contributed by atoms with Gasteiger partial charge in [0, 0.05) is 36.2 Å². The number of fused-ring (bicyclic) bond motifs is 1. The lowest BCUT2D eigenvalue weighted by Gasteiger charge is -2.31. The van der Waals surface area contributed by atoms with E-state index in [0.717, 1.165) is 34.9 Å². The summed E-state index contributed by atoms with van der Waals surface area (Å²) in [6.45, 7) is 4.77. The van der Waals surface area contributed by atoms with Gasteiger partial charge in [0.05, 0.1) is 12.0 Å². The van der Waals surface area contributed by atoms with Gasteiger partial charge in [0.25, 0.3) is 5.91 Å². The highest BCUT2D eigenvalue weighted by Crippen LogP contribution is 2.31. The number of amides is 1. The highest BCUT2D eigenvalue weighted by atomic mass is 16.5. The van der Waals surface area contributed by atoms with Crippen LogP contribution in [0.5, 0.6) is 5.75 Å². The lowest BCUT2D eigenvalue weighted by atomic mass is 9.98. The summed E-state index contributed by atoms with van der Waals surface area (Å²) in [4.78, 5) is 26.7. The van der Waals surface area contributed by atoms with Gasteiger partial charge in [0.2, 0.25) is 0 Å². The Labute approximate surface area is 180 Å². The third kappa shape index (κ3) is 4.31. The van der Waals surface area contributed by atoms with Gasteiger partial charge in [-0.25, -0.2) is 4.79 Å². The first-order valence-corrected chi connectivity index (χ1v) is 10.4. The number of hydrogen-bond acceptors (Lipinski definition) is 5. The first-order valence-electron chi connectivity index (χ1n) is 10.4. The Kier molecular flexibility index (Phi) is 5.77. The molecule has 4 rings (SSSR count). The predicted octanol–water partition coefficient (Wildman–Crippen LogP) is 4.30. The van der Waals surface area contributed by atoms with Crippen molar-refractivity contribution in [2.75, 3.05) is 13.1 Å². The Morgan fingerprint density at radius 2 is 2.03 bits per heavy atom. The molecule has 0 saturated carbocycles. The number of nitrogens with zero attached hydrogens (tertiary/aromatic N) is 2. The Morgan fingerprint density at radius 3 is 2.81 bits per heavy atom. The van der Waals surface area contributed by atoms with E-state index in [1.807, 2.05) is 37.3 Å². The van der Waals surface area contributed by atoms with Gasteiger partial charge < -0.3 is 14.1 Å². The molecule has 1 amide bonds. The van der Waals surface area contributed by atoms with E-state index in [1.54, 1.807) is 24.0 Å². The Morgan fingerprint density at radius 1 is 1.23 bits per heavy atom. The smallest absolute Gasteiger partial charge is 0.336 e. The van der Waals surface area contributed by atoms with Crippen molar-refractivity contribution in [2.24, 2.45) is 5.92 Å². The molecule has 31 heavy (non-hydrogen) atoms. The van der Waals surface area contributed by atoms with E-state index in [2.05, 4.69) is 6.07 Å². The van der Waals surface area contributed by atoms with E-state index in [0.29, 0.717) is 24.4 Å². The molecule has 6 nitrogen and oxygen atoms in total. The number of likely N-dealkylation sites (tertiary alicyclic amines) is 1. The number of nitriles is 1. The number of carbonyl (C=O) groups is 1. The molecule has 0 N–H and O–H groups in total. The van der Waals surface area contributed by atoms with E-state index in [1.165, 1.54) is 6.07 Å². The number of piperidine rings is 1. The van der Waals surface area contributed by atoms with Gasteiger partial charge in [-0.3, -0.25) is 4.79 Å². The highest BCUT2D eigenvalue weighted by molar-refractivity contribution is 5.94. The number of aryl methyl sites for hydroxylation is 1. The average Bonchev–Trinajstić information content (AvgIpc) is 2.78. The molecule has 6 heteroatoms. The van der Waals surface area contributed by atoms with Crippen LogP contribution in [0.15, 0.2) is 57.7 Å². The van der Waals surface area contributed by atoms with Crippen molar-refractivity contribution in [3.8, 4) is 22.9 Å². The molecule has 1 saturated heterocycles. The van der Waals surface area contributed by atoms with E-state index in [4.69, 9.17) is 14.4 Å². The molecule has 2 heterocycles. The molecule has 0 unspecified atom stereocenters. The second-order valence-electron chi connectivity index (χ2n) is 7.96. The lowest BCUT2D eigenvalue weighted by molar-refractivity contribution is -0.139. The maximum Gasteiger partial charge on any atom is 0.336 e. The fourth-order valence-electron chi connectivity index (χ4n) is 4.11. The van der Waals surface area contributed by atoms with E-state index in [-0.39, 0.29) is 11.8 Å². The van der Waals surface area contributed by atoms with Gasteiger partial charge >= 0.3 is 5.63 Å². The van der Waals surface area contributed by atoms with Crippen LogP contribution in [0.3, 0.4) is 0 Å². The Hall–Kier alpha value is -3.59. The van der Waals surface area contributed by atoms with Crippen molar-refractivity contribution in [2.45, 2.75) is 32.8 Å². The molecule has 1 fully saturated rings. The van der Waals surface area contributed by atoms with Crippen molar-refractivity contribution in [1.29, 1.82) is 5.26 Å². The van der Waals surface area contributed by atoms with Gasteiger partial charge in [-0.2, -0.15) is 5.26 Å². The molecule has 0 radical (unpaired) electrons. The molecule has 158 valence electrons. The molecule has 0 spiro atoms. The molecule has 2 atom stereocenters. The first kappa shape index (κ1) is 20.7. The fourth-order valence-corrected chi connectivity index (χ4v) is 4.11. The number of benzene rings is 2. The van der Waals surface area contributed by atoms with Crippen molar-refractivity contribution >= 4 is 16.9 Å². The van der Waals surface area contributed by atoms with Crippen LogP contribution in [0.25, 0.3) is 22.1 Å². The quantitative estimate of drug-likeness (QED) is 0.592. The van der Waals surface area contributed by atoms with Crippen molar-refractivity contribution < 1.29 is 13.9 Å². The second-order valence-corrected chi connectivity index (χ2v) is 7.96. The van der Waals surface area contributed by atoms with E-state index >= 15 is 0 Å². The van der Waals surface area contributed by atoms with Crippen LogP contribution in [0.1, 0.15) is 25.3 Å². The summed E-state index contributed by atoms with van der Waals surface area (Å²) < 4.78 is 11.3. The minimum Gasteiger partial charge on any atom is -0.481 e. The monoisotopic (exact) mass is 416 g/mol.